The van der Waals surface area contributed by atoms with Crippen LogP contribution in [0.4, 0.5) is 0 Å². The van der Waals surface area contributed by atoms with Gasteiger partial charge in [-0.3, -0.25) is 4.79 Å². The fraction of sp³-hybridized carbons (Fsp3) is 0.118. The quantitative estimate of drug-likeness (QED) is 0.815. The van der Waals surface area contributed by atoms with Crippen molar-refractivity contribution >= 4 is 5.91 Å². The highest BCUT2D eigenvalue weighted by atomic mass is 16.1. The van der Waals surface area contributed by atoms with Crippen molar-refractivity contribution in [2.24, 2.45) is 0 Å². The second kappa shape index (κ2) is 6.42. The fourth-order valence-corrected chi connectivity index (χ4v) is 1.72. The molecule has 0 saturated heterocycles. The van der Waals surface area contributed by atoms with Gasteiger partial charge in [-0.25, -0.2) is 0 Å². The molecule has 2 nitrogen and oxygen atoms in total. The smallest absolute Gasteiger partial charge is 0.217 e. The Bertz CT molecular complexity index is 620. The van der Waals surface area contributed by atoms with E-state index in [2.05, 4.69) is 41.4 Å². The van der Waals surface area contributed by atoms with Gasteiger partial charge in [0.1, 0.15) is 0 Å². The van der Waals surface area contributed by atoms with Gasteiger partial charge in [-0.05, 0) is 23.3 Å². The van der Waals surface area contributed by atoms with Crippen molar-refractivity contribution in [3.05, 3.63) is 60.2 Å². The van der Waals surface area contributed by atoms with Crippen LogP contribution in [0.5, 0.6) is 0 Å². The molecule has 2 heteroatoms. The van der Waals surface area contributed by atoms with Crippen LogP contribution in [0.2, 0.25) is 0 Å². The number of amides is 1. The van der Waals surface area contributed by atoms with E-state index >= 15 is 0 Å². The third-order valence-corrected chi connectivity index (χ3v) is 2.63. The molecule has 2 aromatic rings. The van der Waals surface area contributed by atoms with Gasteiger partial charge in [0.25, 0.3) is 0 Å². The lowest BCUT2D eigenvalue weighted by molar-refractivity contribution is -0.118. The van der Waals surface area contributed by atoms with Crippen LogP contribution in [0.15, 0.2) is 54.6 Å². The van der Waals surface area contributed by atoms with Crippen molar-refractivity contribution in [2.75, 3.05) is 6.54 Å². The Hall–Kier alpha value is -2.53. The van der Waals surface area contributed by atoms with E-state index in [1.54, 1.807) is 0 Å². The zero-order valence-corrected chi connectivity index (χ0v) is 10.8. The van der Waals surface area contributed by atoms with Crippen LogP contribution in [0.3, 0.4) is 0 Å². The summed E-state index contributed by atoms with van der Waals surface area (Å²) in [5, 5.41) is 2.65. The summed E-state index contributed by atoms with van der Waals surface area (Å²) in [6.45, 7) is 1.86. The molecule has 0 saturated carbocycles. The lowest BCUT2D eigenvalue weighted by Gasteiger charge is -2.01. The molecule has 0 heterocycles. The summed E-state index contributed by atoms with van der Waals surface area (Å²) in [4.78, 5) is 10.7. The Balaban J connectivity index is 2.14. The Labute approximate surface area is 113 Å². The lowest BCUT2D eigenvalue weighted by Crippen LogP contribution is -2.19. The summed E-state index contributed by atoms with van der Waals surface area (Å²) in [5.41, 5.74) is 3.27. The van der Waals surface area contributed by atoms with E-state index in [0.717, 1.165) is 11.1 Å². The number of benzene rings is 2. The summed E-state index contributed by atoms with van der Waals surface area (Å²) in [7, 11) is 0. The van der Waals surface area contributed by atoms with E-state index in [-0.39, 0.29) is 5.91 Å². The van der Waals surface area contributed by atoms with Crippen LogP contribution in [0.1, 0.15) is 12.5 Å². The topological polar surface area (TPSA) is 29.1 Å². The van der Waals surface area contributed by atoms with Gasteiger partial charge in [0.05, 0.1) is 6.54 Å². The summed E-state index contributed by atoms with van der Waals surface area (Å²) >= 11 is 0. The molecule has 2 rings (SSSR count). The number of hydrogen-bond acceptors (Lipinski definition) is 1. The Kier molecular flexibility index (Phi) is 4.36. The molecule has 0 aromatic heterocycles. The zero-order chi connectivity index (χ0) is 13.5. The first-order chi connectivity index (χ1) is 9.25. The molecule has 0 radical (unpaired) electrons. The third kappa shape index (κ3) is 4.01. The molecule has 0 bridgehead atoms. The number of hydrogen-bond donors (Lipinski definition) is 1. The molecular weight excluding hydrogens is 234 g/mol. The summed E-state index contributed by atoms with van der Waals surface area (Å²) in [6.07, 6.45) is 0. The third-order valence-electron chi connectivity index (χ3n) is 2.63. The van der Waals surface area contributed by atoms with Gasteiger partial charge in [-0.2, -0.15) is 0 Å². The monoisotopic (exact) mass is 249 g/mol. The van der Waals surface area contributed by atoms with Crippen molar-refractivity contribution in [3.8, 4) is 23.0 Å². The standard InChI is InChI=1S/C17H15NO/c1-14(19)18-12-6-8-15-7-5-11-17(13-15)16-9-3-2-4-10-16/h2-5,7,9-11,13H,12H2,1H3,(H,18,19). The minimum Gasteiger partial charge on any atom is -0.345 e. The van der Waals surface area contributed by atoms with Crippen LogP contribution >= 0.6 is 0 Å². The maximum atomic E-state index is 10.7. The average molecular weight is 249 g/mol. The van der Waals surface area contributed by atoms with Crippen molar-refractivity contribution in [1.82, 2.24) is 5.32 Å². The predicted octanol–water partition coefficient (Wildman–Crippen LogP) is 2.84. The van der Waals surface area contributed by atoms with E-state index in [0.29, 0.717) is 6.54 Å². The van der Waals surface area contributed by atoms with Crippen molar-refractivity contribution in [1.29, 1.82) is 0 Å². The van der Waals surface area contributed by atoms with Crippen LogP contribution in [0.25, 0.3) is 11.1 Å². The van der Waals surface area contributed by atoms with Gasteiger partial charge in [-0.1, -0.05) is 54.3 Å². The zero-order valence-electron chi connectivity index (χ0n) is 10.8. The maximum Gasteiger partial charge on any atom is 0.217 e. The number of rotatable bonds is 2. The highest BCUT2D eigenvalue weighted by Gasteiger charge is 1.96. The van der Waals surface area contributed by atoms with E-state index in [1.165, 1.54) is 12.5 Å². The maximum absolute atomic E-state index is 10.7. The second-order valence-corrected chi connectivity index (χ2v) is 4.16. The van der Waals surface area contributed by atoms with Crippen molar-refractivity contribution in [3.63, 3.8) is 0 Å². The van der Waals surface area contributed by atoms with Crippen LogP contribution in [-0.4, -0.2) is 12.5 Å². The molecule has 1 amide bonds. The minimum absolute atomic E-state index is 0.0627. The van der Waals surface area contributed by atoms with Gasteiger partial charge in [0.2, 0.25) is 5.91 Å². The summed E-state index contributed by atoms with van der Waals surface area (Å²) < 4.78 is 0. The van der Waals surface area contributed by atoms with Gasteiger partial charge in [0, 0.05) is 12.5 Å². The summed E-state index contributed by atoms with van der Waals surface area (Å²) in [5.74, 6) is 5.91. The highest BCUT2D eigenvalue weighted by Crippen LogP contribution is 2.19. The Morgan fingerprint density at radius 2 is 1.79 bits per heavy atom. The molecule has 0 aliphatic heterocycles. The van der Waals surface area contributed by atoms with Crippen LogP contribution < -0.4 is 5.32 Å². The van der Waals surface area contributed by atoms with Crippen molar-refractivity contribution < 1.29 is 4.79 Å². The molecule has 19 heavy (non-hydrogen) atoms. The van der Waals surface area contributed by atoms with E-state index < -0.39 is 0 Å². The molecule has 0 atom stereocenters. The van der Waals surface area contributed by atoms with Crippen LogP contribution in [0, 0.1) is 11.8 Å². The molecule has 0 aliphatic carbocycles. The minimum atomic E-state index is -0.0627. The SMILES string of the molecule is CC(=O)NCC#Cc1cccc(-c2ccccc2)c1. The lowest BCUT2D eigenvalue weighted by atomic mass is 10.0. The molecule has 94 valence electrons. The molecule has 2 aromatic carbocycles. The first-order valence-corrected chi connectivity index (χ1v) is 6.14. The number of carbonyl (C=O) groups excluding carboxylic acids is 1. The first-order valence-electron chi connectivity index (χ1n) is 6.14. The molecule has 1 N–H and O–H groups in total. The highest BCUT2D eigenvalue weighted by molar-refractivity contribution is 5.73. The number of carbonyl (C=O) groups is 1. The molecule has 0 spiro atoms. The van der Waals surface area contributed by atoms with Crippen molar-refractivity contribution in [2.45, 2.75) is 6.92 Å². The van der Waals surface area contributed by atoms with Gasteiger partial charge >= 0.3 is 0 Å². The Morgan fingerprint density at radius 3 is 2.53 bits per heavy atom. The normalized spacial score (nSPS) is 9.32. The van der Waals surface area contributed by atoms with E-state index in [1.807, 2.05) is 30.3 Å². The fourth-order valence-electron chi connectivity index (χ4n) is 1.72. The second-order valence-electron chi connectivity index (χ2n) is 4.16. The van der Waals surface area contributed by atoms with E-state index in [4.69, 9.17) is 0 Å². The molecular formula is C17H15NO. The van der Waals surface area contributed by atoms with Gasteiger partial charge in [0.15, 0.2) is 0 Å². The first kappa shape index (κ1) is 12.9. The predicted molar refractivity (Wildman–Crippen MR) is 77.4 cm³/mol. The molecule has 0 unspecified atom stereocenters. The van der Waals surface area contributed by atoms with Gasteiger partial charge in [-0.15, -0.1) is 0 Å². The average Bonchev–Trinajstić information content (AvgIpc) is 2.45. The van der Waals surface area contributed by atoms with Gasteiger partial charge < -0.3 is 5.32 Å². The van der Waals surface area contributed by atoms with Crippen LogP contribution in [-0.2, 0) is 4.79 Å². The summed E-state index contributed by atoms with van der Waals surface area (Å²) in [6, 6.07) is 18.3. The number of nitrogens with one attached hydrogen (secondary N) is 1. The molecule has 0 fully saturated rings. The molecule has 0 aliphatic rings. The Morgan fingerprint density at radius 1 is 1.05 bits per heavy atom. The largest absolute Gasteiger partial charge is 0.345 e. The van der Waals surface area contributed by atoms with E-state index in [9.17, 15) is 4.79 Å².